The van der Waals surface area contributed by atoms with Crippen molar-refractivity contribution in [1.82, 2.24) is 5.32 Å². The molecule has 114 valence electrons. The van der Waals surface area contributed by atoms with Gasteiger partial charge in [0, 0.05) is 23.3 Å². The van der Waals surface area contributed by atoms with E-state index in [4.69, 9.17) is 0 Å². The average Bonchev–Trinajstić information content (AvgIpc) is 3.43. The highest BCUT2D eigenvalue weighted by Crippen LogP contribution is 2.42. The fourth-order valence-corrected chi connectivity index (χ4v) is 3.05. The Hall–Kier alpha value is -1.80. The van der Waals surface area contributed by atoms with E-state index in [9.17, 15) is 0 Å². The van der Waals surface area contributed by atoms with E-state index >= 15 is 0 Å². The third-order valence-electron chi connectivity index (χ3n) is 4.84. The molecule has 22 heavy (non-hydrogen) atoms. The molecule has 0 saturated heterocycles. The van der Waals surface area contributed by atoms with E-state index in [-0.39, 0.29) is 0 Å². The summed E-state index contributed by atoms with van der Waals surface area (Å²) in [6.07, 6.45) is 4.17. The van der Waals surface area contributed by atoms with E-state index in [0.717, 1.165) is 29.3 Å². The molecule has 2 aromatic rings. The predicted octanol–water partition coefficient (Wildman–Crippen LogP) is 4.59. The monoisotopic (exact) mass is 292 g/mol. The standard InChI is InChI=1S/C20H24N2/c1-14-2-8-17(9-3-14)22-18-10-6-16(7-11-18)19-12-20(19)21-13-15-4-5-15/h2-3,6-11,15,19-22H,4-5,12-13H2,1H3/t19-,20+/m0/s1. The van der Waals surface area contributed by atoms with Crippen molar-refractivity contribution in [2.24, 2.45) is 5.92 Å². The van der Waals surface area contributed by atoms with Crippen LogP contribution in [0.5, 0.6) is 0 Å². The van der Waals surface area contributed by atoms with Gasteiger partial charge in [-0.2, -0.15) is 0 Å². The van der Waals surface area contributed by atoms with Gasteiger partial charge in [-0.05, 0) is 68.5 Å². The smallest absolute Gasteiger partial charge is 0.0384 e. The Labute approximate surface area is 132 Å². The normalized spacial score (nSPS) is 23.3. The highest BCUT2D eigenvalue weighted by Gasteiger charge is 2.38. The van der Waals surface area contributed by atoms with Crippen LogP contribution in [-0.4, -0.2) is 12.6 Å². The maximum Gasteiger partial charge on any atom is 0.0384 e. The van der Waals surface area contributed by atoms with Gasteiger partial charge in [0.15, 0.2) is 0 Å². The maximum atomic E-state index is 3.71. The van der Waals surface area contributed by atoms with E-state index in [1.807, 2.05) is 0 Å². The summed E-state index contributed by atoms with van der Waals surface area (Å²) in [6.45, 7) is 3.34. The Morgan fingerprint density at radius 1 is 0.909 bits per heavy atom. The van der Waals surface area contributed by atoms with Gasteiger partial charge in [0.05, 0.1) is 0 Å². The summed E-state index contributed by atoms with van der Waals surface area (Å²) in [5.74, 6) is 1.70. The number of aryl methyl sites for hydroxylation is 1. The summed E-state index contributed by atoms with van der Waals surface area (Å²) < 4.78 is 0. The van der Waals surface area contributed by atoms with E-state index < -0.39 is 0 Å². The van der Waals surface area contributed by atoms with Crippen LogP contribution in [0.2, 0.25) is 0 Å². The van der Waals surface area contributed by atoms with Gasteiger partial charge in [-0.15, -0.1) is 0 Å². The molecule has 2 fully saturated rings. The first kappa shape index (κ1) is 13.8. The second kappa shape index (κ2) is 5.77. The molecule has 0 bridgehead atoms. The first-order valence-electron chi connectivity index (χ1n) is 8.45. The van der Waals surface area contributed by atoms with Crippen molar-refractivity contribution in [3.05, 3.63) is 59.7 Å². The SMILES string of the molecule is Cc1ccc(Nc2ccc([C@@H]3C[C@H]3NCC3CC3)cc2)cc1. The maximum absolute atomic E-state index is 3.71. The molecule has 0 unspecified atom stereocenters. The summed E-state index contributed by atoms with van der Waals surface area (Å²) in [7, 11) is 0. The summed E-state index contributed by atoms with van der Waals surface area (Å²) in [5, 5.41) is 7.17. The van der Waals surface area contributed by atoms with Crippen LogP contribution >= 0.6 is 0 Å². The molecule has 0 spiro atoms. The first-order chi connectivity index (χ1) is 10.8. The fraction of sp³-hybridized carbons (Fsp3) is 0.400. The van der Waals surface area contributed by atoms with Gasteiger partial charge in [-0.1, -0.05) is 29.8 Å². The predicted molar refractivity (Wildman–Crippen MR) is 92.8 cm³/mol. The fourth-order valence-electron chi connectivity index (χ4n) is 3.05. The molecule has 4 rings (SSSR count). The van der Waals surface area contributed by atoms with Crippen LogP contribution in [0.25, 0.3) is 0 Å². The molecule has 0 radical (unpaired) electrons. The van der Waals surface area contributed by atoms with Crippen molar-refractivity contribution in [2.45, 2.75) is 38.1 Å². The average molecular weight is 292 g/mol. The quantitative estimate of drug-likeness (QED) is 0.813. The van der Waals surface area contributed by atoms with Crippen molar-refractivity contribution >= 4 is 11.4 Å². The van der Waals surface area contributed by atoms with Gasteiger partial charge in [0.25, 0.3) is 0 Å². The van der Waals surface area contributed by atoms with Crippen LogP contribution in [0.1, 0.15) is 36.3 Å². The zero-order chi connectivity index (χ0) is 14.9. The largest absolute Gasteiger partial charge is 0.356 e. The Balaban J connectivity index is 1.33. The number of anilines is 2. The van der Waals surface area contributed by atoms with E-state index in [0.29, 0.717) is 0 Å². The Morgan fingerprint density at radius 3 is 2.18 bits per heavy atom. The lowest BCUT2D eigenvalue weighted by Crippen LogP contribution is -2.20. The molecular weight excluding hydrogens is 268 g/mol. The minimum atomic E-state index is 0.719. The molecule has 2 N–H and O–H groups in total. The van der Waals surface area contributed by atoms with Crippen molar-refractivity contribution in [1.29, 1.82) is 0 Å². The molecule has 2 aliphatic carbocycles. The van der Waals surface area contributed by atoms with Crippen LogP contribution in [0.4, 0.5) is 11.4 Å². The minimum Gasteiger partial charge on any atom is -0.356 e. The molecule has 2 aromatic carbocycles. The number of nitrogens with one attached hydrogen (secondary N) is 2. The third kappa shape index (κ3) is 3.33. The van der Waals surface area contributed by atoms with Crippen molar-refractivity contribution in [3.63, 3.8) is 0 Å². The summed E-state index contributed by atoms with van der Waals surface area (Å²) in [5.41, 5.74) is 5.08. The molecule has 2 saturated carbocycles. The number of benzene rings is 2. The van der Waals surface area contributed by atoms with Crippen LogP contribution in [0.3, 0.4) is 0 Å². The molecule has 2 nitrogen and oxygen atoms in total. The highest BCUT2D eigenvalue weighted by molar-refractivity contribution is 5.60. The molecular formula is C20H24N2. The lowest BCUT2D eigenvalue weighted by atomic mass is 10.1. The van der Waals surface area contributed by atoms with E-state index in [1.165, 1.54) is 36.9 Å². The van der Waals surface area contributed by atoms with Crippen LogP contribution < -0.4 is 10.6 Å². The molecule has 0 heterocycles. The number of rotatable bonds is 6. The van der Waals surface area contributed by atoms with Gasteiger partial charge in [0.2, 0.25) is 0 Å². The molecule has 2 aliphatic rings. The van der Waals surface area contributed by atoms with Gasteiger partial charge in [-0.25, -0.2) is 0 Å². The van der Waals surface area contributed by atoms with Crippen molar-refractivity contribution in [2.75, 3.05) is 11.9 Å². The Morgan fingerprint density at radius 2 is 1.55 bits per heavy atom. The summed E-state index contributed by atoms with van der Waals surface area (Å²) >= 11 is 0. The lowest BCUT2D eigenvalue weighted by Gasteiger charge is -2.08. The molecule has 0 amide bonds. The highest BCUT2D eigenvalue weighted by atomic mass is 15.0. The van der Waals surface area contributed by atoms with Gasteiger partial charge < -0.3 is 10.6 Å². The van der Waals surface area contributed by atoms with Crippen LogP contribution in [-0.2, 0) is 0 Å². The van der Waals surface area contributed by atoms with E-state index in [2.05, 4.69) is 66.1 Å². The van der Waals surface area contributed by atoms with Gasteiger partial charge in [-0.3, -0.25) is 0 Å². The number of hydrogen-bond donors (Lipinski definition) is 2. The third-order valence-corrected chi connectivity index (χ3v) is 4.84. The Bertz CT molecular complexity index is 626. The lowest BCUT2D eigenvalue weighted by molar-refractivity contribution is 0.625. The molecule has 2 heteroatoms. The summed E-state index contributed by atoms with van der Waals surface area (Å²) in [4.78, 5) is 0. The zero-order valence-electron chi connectivity index (χ0n) is 13.2. The molecule has 2 atom stereocenters. The van der Waals surface area contributed by atoms with Gasteiger partial charge >= 0.3 is 0 Å². The van der Waals surface area contributed by atoms with Gasteiger partial charge in [0.1, 0.15) is 0 Å². The second-order valence-electron chi connectivity index (χ2n) is 6.91. The summed E-state index contributed by atoms with van der Waals surface area (Å²) in [6, 6.07) is 18.2. The first-order valence-corrected chi connectivity index (χ1v) is 8.45. The molecule has 0 aliphatic heterocycles. The zero-order valence-corrected chi connectivity index (χ0v) is 13.2. The van der Waals surface area contributed by atoms with Crippen LogP contribution in [0, 0.1) is 12.8 Å². The Kier molecular flexibility index (Phi) is 3.63. The van der Waals surface area contributed by atoms with Crippen molar-refractivity contribution in [3.8, 4) is 0 Å². The van der Waals surface area contributed by atoms with E-state index in [1.54, 1.807) is 0 Å². The van der Waals surface area contributed by atoms with Crippen LogP contribution in [0.15, 0.2) is 48.5 Å². The second-order valence-corrected chi connectivity index (χ2v) is 6.91. The van der Waals surface area contributed by atoms with Crippen molar-refractivity contribution < 1.29 is 0 Å². The topological polar surface area (TPSA) is 24.1 Å². The minimum absolute atomic E-state index is 0.719. The molecule has 0 aromatic heterocycles. The number of hydrogen-bond acceptors (Lipinski definition) is 2.